The number of anilines is 5. The lowest BCUT2D eigenvalue weighted by Gasteiger charge is -2.09. The second kappa shape index (κ2) is 21.8. The number of quaternary nitrogens is 1. The van der Waals surface area contributed by atoms with Crippen molar-refractivity contribution in [3.05, 3.63) is 108 Å². The van der Waals surface area contributed by atoms with E-state index in [0.29, 0.717) is 29.3 Å². The summed E-state index contributed by atoms with van der Waals surface area (Å²) in [4.78, 5) is 109. The number of nitrogens with one attached hydrogen (secondary N) is 9. The molecule has 0 atom stereocenters. The van der Waals surface area contributed by atoms with Gasteiger partial charge in [-0.1, -0.05) is 0 Å². The van der Waals surface area contributed by atoms with Crippen LogP contribution in [-0.4, -0.2) is 120 Å². The molecule has 364 valence electrons. The normalized spacial score (nSPS) is 11.0. The fourth-order valence-corrected chi connectivity index (χ4v) is 7.24. The Labute approximate surface area is 396 Å². The first-order valence-corrected chi connectivity index (χ1v) is 21.7. The van der Waals surface area contributed by atoms with Gasteiger partial charge in [0.25, 0.3) is 35.4 Å². The average Bonchev–Trinajstić information content (AvgIpc) is 4.15. The molecule has 0 saturated heterocycles. The molecule has 24 nitrogen and oxygen atoms in total. The first kappa shape index (κ1) is 49.8. The maximum Gasteiger partial charge on any atom is 0.291 e. The summed E-state index contributed by atoms with van der Waals surface area (Å²) in [5.74, 6) is -3.49. The van der Waals surface area contributed by atoms with Crippen LogP contribution >= 0.6 is 0 Å². The summed E-state index contributed by atoms with van der Waals surface area (Å²) in [6, 6.07) is 7.41. The highest BCUT2D eigenvalue weighted by atomic mass is 16.2. The van der Waals surface area contributed by atoms with E-state index in [1.165, 1.54) is 67.5 Å². The van der Waals surface area contributed by atoms with Crippen LogP contribution in [0.1, 0.15) is 75.9 Å². The summed E-state index contributed by atoms with van der Waals surface area (Å²) >= 11 is 0. The number of aryl methyl sites for hydroxylation is 6. The van der Waals surface area contributed by atoms with E-state index in [2.05, 4.69) is 47.5 Å². The number of imidazole rings is 1. The number of hydrogen-bond acceptors (Lipinski definition) is 9. The van der Waals surface area contributed by atoms with Crippen LogP contribution in [0.2, 0.25) is 0 Å². The Bertz CT molecular complexity index is 2920. The molecule has 24 heteroatoms. The lowest BCUT2D eigenvalue weighted by molar-refractivity contribution is -0.858. The molecule has 69 heavy (non-hydrogen) atoms. The van der Waals surface area contributed by atoms with Gasteiger partial charge in [0.15, 0.2) is 5.82 Å². The Balaban J connectivity index is 0.953. The highest BCUT2D eigenvalue weighted by Gasteiger charge is 2.22. The van der Waals surface area contributed by atoms with E-state index in [1.54, 1.807) is 80.8 Å². The minimum absolute atomic E-state index is 0.132. The first-order valence-electron chi connectivity index (χ1n) is 21.7. The smallest absolute Gasteiger partial charge is 0.291 e. The Morgan fingerprint density at radius 1 is 0.464 bits per heavy atom. The van der Waals surface area contributed by atoms with Crippen molar-refractivity contribution in [3.63, 3.8) is 0 Å². The molecule has 0 radical (unpaired) electrons. The van der Waals surface area contributed by atoms with Crippen molar-refractivity contribution in [1.82, 2.24) is 48.3 Å². The molecule has 0 spiro atoms. The summed E-state index contributed by atoms with van der Waals surface area (Å²) in [5.41, 5.74) is 2.72. The second-order valence-electron chi connectivity index (χ2n) is 16.7. The summed E-state index contributed by atoms with van der Waals surface area (Å²) in [6.45, 7) is 1.24. The van der Waals surface area contributed by atoms with Gasteiger partial charge in [-0.2, -0.15) is 0 Å². The molecule has 0 fully saturated rings. The van der Waals surface area contributed by atoms with Crippen LogP contribution in [0.4, 0.5) is 28.4 Å². The molecule has 0 unspecified atom stereocenters. The van der Waals surface area contributed by atoms with Crippen molar-refractivity contribution < 1.29 is 43.3 Å². The highest BCUT2D eigenvalue weighted by molar-refractivity contribution is 6.09. The number of aromatic nitrogens is 7. The standard InChI is InChI=1S/C45H56N16O8/c1-55(2)14-9-11-46-37(62)10-12-48-40(64)32-17-28(23-57(32)4)51-43(67)35-19-30(25-60(35)7)53-42(66)34-16-27(22-59(34)6)50-38(63)21-49-41(65)33-18-29(24-58(33)5)52-44(68)36-20-31(26-61(36)8)54-45(69)39-47-13-15-56(39)3/h13,15-20,22-26H,9-12,14,21H2,1-8H3,(H,46,62)(H,48,64)(H,49,65)(H,50,63)(H,51,67)(H,52,68)(H,53,66)(H,54,69)/p+1. The lowest BCUT2D eigenvalue weighted by atomic mass is 10.3. The van der Waals surface area contributed by atoms with Gasteiger partial charge in [0, 0.05) is 112 Å². The van der Waals surface area contributed by atoms with Gasteiger partial charge in [-0.3, -0.25) is 38.4 Å². The Morgan fingerprint density at radius 2 is 0.855 bits per heavy atom. The van der Waals surface area contributed by atoms with E-state index in [-0.39, 0.29) is 58.9 Å². The zero-order chi connectivity index (χ0) is 50.1. The Morgan fingerprint density at radius 3 is 1.26 bits per heavy atom. The molecule has 6 aromatic rings. The fraction of sp³-hybridized carbons (Fsp3) is 0.311. The number of rotatable bonds is 20. The van der Waals surface area contributed by atoms with E-state index < -0.39 is 47.9 Å². The van der Waals surface area contributed by atoms with Crippen molar-refractivity contribution in [1.29, 1.82) is 0 Å². The Kier molecular flexibility index (Phi) is 15.7. The molecule has 0 aliphatic rings. The summed E-state index contributed by atoms with van der Waals surface area (Å²) < 4.78 is 9.18. The number of carbonyl (C=O) groups is 8. The maximum atomic E-state index is 13.4. The van der Waals surface area contributed by atoms with Crippen molar-refractivity contribution in [2.45, 2.75) is 12.8 Å². The lowest BCUT2D eigenvalue weighted by Crippen LogP contribution is -3.05. The molecule has 6 heterocycles. The molecule has 0 saturated carbocycles. The van der Waals surface area contributed by atoms with Gasteiger partial charge in [0.2, 0.25) is 11.8 Å². The van der Waals surface area contributed by atoms with Crippen molar-refractivity contribution in [2.75, 3.05) is 66.9 Å². The minimum Gasteiger partial charge on any atom is -0.356 e. The quantitative estimate of drug-likeness (QED) is 0.0475. The molecule has 0 aliphatic carbocycles. The molecule has 0 aromatic carbocycles. The third-order valence-corrected chi connectivity index (χ3v) is 10.8. The first-order chi connectivity index (χ1) is 32.8. The van der Waals surface area contributed by atoms with Crippen LogP contribution in [0.25, 0.3) is 0 Å². The number of amides is 8. The fourth-order valence-electron chi connectivity index (χ4n) is 7.24. The van der Waals surface area contributed by atoms with Gasteiger partial charge >= 0.3 is 0 Å². The molecule has 9 N–H and O–H groups in total. The SMILES string of the molecule is Cn1cc(NC(=O)c2cc(NC(=O)c3cc(NC(=O)CNC(=O)c4cc(NC(=O)c5cc(NC(=O)c6nccn6C)cn5C)cn4C)cn3C)cn2C)cc1C(=O)NCCC(=O)NCCC[NH+](C)C. The van der Waals surface area contributed by atoms with Crippen LogP contribution < -0.4 is 47.4 Å². The maximum absolute atomic E-state index is 13.4. The number of nitrogens with zero attached hydrogens (tertiary/aromatic N) is 7. The Hall–Kier alpha value is -8.67. The van der Waals surface area contributed by atoms with Gasteiger partial charge in [-0.05, 0) is 30.3 Å². The molecular weight excluding hydrogens is 893 g/mol. The molecule has 0 bridgehead atoms. The van der Waals surface area contributed by atoms with Crippen LogP contribution in [0, 0.1) is 0 Å². The van der Waals surface area contributed by atoms with E-state index in [1.807, 2.05) is 14.1 Å². The van der Waals surface area contributed by atoms with Gasteiger partial charge in [-0.25, -0.2) is 4.98 Å². The van der Waals surface area contributed by atoms with E-state index in [0.717, 1.165) is 13.0 Å². The van der Waals surface area contributed by atoms with E-state index >= 15 is 0 Å². The van der Waals surface area contributed by atoms with Gasteiger partial charge in [0.05, 0.1) is 55.6 Å². The van der Waals surface area contributed by atoms with Crippen LogP contribution in [-0.2, 0) is 51.9 Å². The van der Waals surface area contributed by atoms with Crippen LogP contribution in [0.5, 0.6) is 0 Å². The van der Waals surface area contributed by atoms with Crippen molar-refractivity contribution in [2.24, 2.45) is 42.3 Å². The summed E-state index contributed by atoms with van der Waals surface area (Å²) in [7, 11) is 13.9. The van der Waals surface area contributed by atoms with E-state index in [9.17, 15) is 38.4 Å². The highest BCUT2D eigenvalue weighted by Crippen LogP contribution is 2.21. The van der Waals surface area contributed by atoms with Crippen LogP contribution in [0.3, 0.4) is 0 Å². The molecule has 0 aliphatic heterocycles. The predicted molar refractivity (Wildman–Crippen MR) is 255 cm³/mol. The van der Waals surface area contributed by atoms with Gasteiger partial charge in [-0.15, -0.1) is 0 Å². The third-order valence-electron chi connectivity index (χ3n) is 10.8. The largest absolute Gasteiger partial charge is 0.356 e. The molecule has 6 aromatic heterocycles. The zero-order valence-electron chi connectivity index (χ0n) is 39.6. The predicted octanol–water partition coefficient (Wildman–Crippen LogP) is 0.261. The van der Waals surface area contributed by atoms with Crippen molar-refractivity contribution in [3.8, 4) is 0 Å². The zero-order valence-corrected chi connectivity index (χ0v) is 39.6. The molecule has 6 rings (SSSR count). The molecule has 8 amide bonds. The van der Waals surface area contributed by atoms with Gasteiger partial charge < -0.3 is 74.8 Å². The summed E-state index contributed by atoms with van der Waals surface area (Å²) in [5, 5.41) is 21.8. The molecular formula is C45H57N16O8+. The number of hydrogen-bond donors (Lipinski definition) is 9. The van der Waals surface area contributed by atoms with Crippen molar-refractivity contribution >= 4 is 75.7 Å². The number of carbonyl (C=O) groups excluding carboxylic acids is 8. The monoisotopic (exact) mass is 949 g/mol. The van der Waals surface area contributed by atoms with E-state index in [4.69, 9.17) is 0 Å². The van der Waals surface area contributed by atoms with Crippen LogP contribution in [0.15, 0.2) is 73.7 Å². The topological polar surface area (TPSA) is 280 Å². The third kappa shape index (κ3) is 12.8. The second-order valence-corrected chi connectivity index (χ2v) is 16.7. The average molecular weight is 950 g/mol. The van der Waals surface area contributed by atoms with Gasteiger partial charge in [0.1, 0.15) is 28.5 Å². The summed E-state index contributed by atoms with van der Waals surface area (Å²) in [6.07, 6.45) is 11.9. The minimum atomic E-state index is -0.590.